The number of hydrogen-bond acceptors (Lipinski definition) is 5. The first-order valence-electron chi connectivity index (χ1n) is 13.4. The summed E-state index contributed by atoms with van der Waals surface area (Å²) in [7, 11) is 0. The van der Waals surface area contributed by atoms with E-state index in [2.05, 4.69) is 10.6 Å². The first kappa shape index (κ1) is 28.6. The van der Waals surface area contributed by atoms with Crippen molar-refractivity contribution in [1.29, 1.82) is 0 Å². The number of hydrogen-bond donors (Lipinski definition) is 2. The van der Waals surface area contributed by atoms with Gasteiger partial charge in [-0.1, -0.05) is 65.7 Å². The van der Waals surface area contributed by atoms with Gasteiger partial charge in [-0.2, -0.15) is 0 Å². The van der Waals surface area contributed by atoms with Gasteiger partial charge in [0.1, 0.15) is 5.70 Å². The molecule has 1 aliphatic heterocycles. The molecule has 1 aliphatic rings. The van der Waals surface area contributed by atoms with Crippen LogP contribution in [0.4, 0.5) is 11.4 Å². The van der Waals surface area contributed by atoms with Crippen molar-refractivity contribution in [3.05, 3.63) is 131 Å². The van der Waals surface area contributed by atoms with Gasteiger partial charge in [0.2, 0.25) is 11.8 Å². The largest absolute Gasteiger partial charge is 0.321 e. The molecule has 0 aliphatic carbocycles. The fourth-order valence-electron chi connectivity index (χ4n) is 4.41. The molecule has 1 saturated heterocycles. The van der Waals surface area contributed by atoms with Crippen LogP contribution >= 0.6 is 11.8 Å². The van der Waals surface area contributed by atoms with Crippen molar-refractivity contribution in [2.45, 2.75) is 30.4 Å². The van der Waals surface area contributed by atoms with E-state index < -0.39 is 17.1 Å². The van der Waals surface area contributed by atoms with Crippen molar-refractivity contribution >= 4 is 52.8 Å². The Morgan fingerprint density at radius 2 is 1.43 bits per heavy atom. The van der Waals surface area contributed by atoms with Gasteiger partial charge < -0.3 is 10.6 Å². The molecule has 0 bridgehead atoms. The van der Waals surface area contributed by atoms with Gasteiger partial charge in [-0.3, -0.25) is 19.2 Å². The Balaban J connectivity index is 1.27. The molecule has 8 heteroatoms. The highest BCUT2D eigenvalue weighted by Crippen LogP contribution is 2.34. The summed E-state index contributed by atoms with van der Waals surface area (Å²) >= 11 is 1.31. The molecule has 5 rings (SSSR count). The standard InChI is InChI=1S/C34H29N3O4S/c1-22-8-12-24(13-9-22)20-29(36-32(39)25-6-4-3-5-7-25)33(40)35-26-14-18-28(19-15-26)42-30-21-31(38)37(34(30)41)27-16-10-23(2)11-17-27/h3-20,30H,21H2,1-2H3,(H,35,40)(H,36,39)/b29-20-. The molecule has 1 fully saturated rings. The van der Waals surface area contributed by atoms with E-state index in [0.29, 0.717) is 16.9 Å². The van der Waals surface area contributed by atoms with Gasteiger partial charge in [-0.25, -0.2) is 4.90 Å². The highest BCUT2D eigenvalue weighted by atomic mass is 32.2. The van der Waals surface area contributed by atoms with Crippen LogP contribution in [-0.4, -0.2) is 28.9 Å². The lowest BCUT2D eigenvalue weighted by molar-refractivity contribution is -0.121. The Hall–Kier alpha value is -4.95. The second-order valence-corrected chi connectivity index (χ2v) is 11.3. The molecule has 4 aromatic rings. The third kappa shape index (κ3) is 6.85. The van der Waals surface area contributed by atoms with Gasteiger partial charge >= 0.3 is 0 Å². The quantitative estimate of drug-likeness (QED) is 0.195. The number of imide groups is 1. The Kier molecular flexibility index (Phi) is 8.64. The van der Waals surface area contributed by atoms with Crippen LogP contribution in [0, 0.1) is 13.8 Å². The first-order chi connectivity index (χ1) is 20.3. The van der Waals surface area contributed by atoms with Gasteiger partial charge in [0.15, 0.2) is 0 Å². The monoisotopic (exact) mass is 575 g/mol. The summed E-state index contributed by atoms with van der Waals surface area (Å²) in [4.78, 5) is 53.9. The summed E-state index contributed by atoms with van der Waals surface area (Å²) < 4.78 is 0. The number of carbonyl (C=O) groups is 4. The van der Waals surface area contributed by atoms with E-state index in [0.717, 1.165) is 21.6 Å². The first-order valence-corrected chi connectivity index (χ1v) is 14.3. The fourth-order valence-corrected chi connectivity index (χ4v) is 5.47. The van der Waals surface area contributed by atoms with Crippen LogP contribution in [0.1, 0.15) is 33.5 Å². The zero-order valence-electron chi connectivity index (χ0n) is 23.2. The number of anilines is 2. The molecule has 1 atom stereocenters. The Morgan fingerprint density at radius 3 is 2.07 bits per heavy atom. The average molecular weight is 576 g/mol. The lowest BCUT2D eigenvalue weighted by atomic mass is 10.1. The summed E-state index contributed by atoms with van der Waals surface area (Å²) in [6, 6.07) is 30.6. The van der Waals surface area contributed by atoms with Gasteiger partial charge in [0.25, 0.3) is 11.8 Å². The highest BCUT2D eigenvalue weighted by Gasteiger charge is 2.40. The minimum absolute atomic E-state index is 0.0948. The minimum Gasteiger partial charge on any atom is -0.321 e. The number of thioether (sulfide) groups is 1. The van der Waals surface area contributed by atoms with Crippen molar-refractivity contribution in [3.63, 3.8) is 0 Å². The Labute approximate surface area is 248 Å². The highest BCUT2D eigenvalue weighted by molar-refractivity contribution is 8.00. The van der Waals surface area contributed by atoms with Crippen molar-refractivity contribution in [2.75, 3.05) is 10.2 Å². The summed E-state index contributed by atoms with van der Waals surface area (Å²) in [5.74, 6) is -1.35. The maximum Gasteiger partial charge on any atom is 0.272 e. The van der Waals surface area contributed by atoms with E-state index in [1.165, 1.54) is 16.7 Å². The van der Waals surface area contributed by atoms with Crippen LogP contribution in [0.15, 0.2) is 114 Å². The summed E-state index contributed by atoms with van der Waals surface area (Å²) in [5, 5.41) is 5.05. The number of nitrogens with one attached hydrogen (secondary N) is 2. The third-order valence-electron chi connectivity index (χ3n) is 6.71. The molecule has 0 saturated carbocycles. The van der Waals surface area contributed by atoms with Crippen LogP contribution in [0.25, 0.3) is 6.08 Å². The molecule has 1 unspecified atom stereocenters. The predicted octanol–water partition coefficient (Wildman–Crippen LogP) is 6.14. The van der Waals surface area contributed by atoms with E-state index in [9.17, 15) is 19.2 Å². The molecule has 0 aromatic heterocycles. The number of rotatable bonds is 8. The van der Waals surface area contributed by atoms with Crippen molar-refractivity contribution in [2.24, 2.45) is 0 Å². The molecule has 1 heterocycles. The molecule has 7 nitrogen and oxygen atoms in total. The van der Waals surface area contributed by atoms with Crippen LogP contribution in [0.2, 0.25) is 0 Å². The van der Waals surface area contributed by atoms with E-state index >= 15 is 0 Å². The summed E-state index contributed by atoms with van der Waals surface area (Å²) in [6.07, 6.45) is 1.74. The normalized spacial score (nSPS) is 15.0. The van der Waals surface area contributed by atoms with Gasteiger partial charge in [0, 0.05) is 22.6 Å². The second kappa shape index (κ2) is 12.7. The lowest BCUT2D eigenvalue weighted by Gasteiger charge is -2.15. The summed E-state index contributed by atoms with van der Waals surface area (Å²) in [5.41, 5.74) is 4.51. The smallest absolute Gasteiger partial charge is 0.272 e. The maximum absolute atomic E-state index is 13.3. The van der Waals surface area contributed by atoms with Crippen molar-refractivity contribution in [3.8, 4) is 0 Å². The van der Waals surface area contributed by atoms with Crippen LogP contribution in [0.5, 0.6) is 0 Å². The number of carbonyl (C=O) groups excluding carboxylic acids is 4. The molecule has 0 radical (unpaired) electrons. The van der Waals surface area contributed by atoms with E-state index in [-0.39, 0.29) is 23.9 Å². The zero-order chi connectivity index (χ0) is 29.6. The van der Waals surface area contributed by atoms with Crippen LogP contribution < -0.4 is 15.5 Å². The summed E-state index contributed by atoms with van der Waals surface area (Å²) in [6.45, 7) is 3.92. The SMILES string of the molecule is Cc1ccc(/C=C(\NC(=O)c2ccccc2)C(=O)Nc2ccc(SC3CC(=O)N(c4ccc(C)cc4)C3=O)cc2)cc1. The third-order valence-corrected chi connectivity index (χ3v) is 7.90. The molecule has 2 N–H and O–H groups in total. The van der Waals surface area contributed by atoms with Gasteiger partial charge in [-0.05, 0) is 74.0 Å². The number of amides is 4. The fraction of sp³-hybridized carbons (Fsp3) is 0.118. The van der Waals surface area contributed by atoms with Gasteiger partial charge in [-0.15, -0.1) is 11.8 Å². The molecule has 42 heavy (non-hydrogen) atoms. The molecule has 4 amide bonds. The van der Waals surface area contributed by atoms with E-state index in [1.54, 1.807) is 66.7 Å². The zero-order valence-corrected chi connectivity index (χ0v) is 24.0. The lowest BCUT2D eigenvalue weighted by Crippen LogP contribution is -2.31. The predicted molar refractivity (Wildman–Crippen MR) is 166 cm³/mol. The molecular weight excluding hydrogens is 546 g/mol. The minimum atomic E-state index is -0.531. The van der Waals surface area contributed by atoms with Crippen molar-refractivity contribution in [1.82, 2.24) is 5.32 Å². The Morgan fingerprint density at radius 1 is 0.810 bits per heavy atom. The van der Waals surface area contributed by atoms with Crippen LogP contribution in [0.3, 0.4) is 0 Å². The number of aryl methyl sites for hydroxylation is 2. The topological polar surface area (TPSA) is 95.6 Å². The average Bonchev–Trinajstić information content (AvgIpc) is 3.27. The molecule has 210 valence electrons. The maximum atomic E-state index is 13.3. The van der Waals surface area contributed by atoms with Crippen LogP contribution in [-0.2, 0) is 14.4 Å². The molecule has 0 spiro atoms. The van der Waals surface area contributed by atoms with Crippen molar-refractivity contribution < 1.29 is 19.2 Å². The number of benzene rings is 4. The molecule has 4 aromatic carbocycles. The van der Waals surface area contributed by atoms with E-state index in [1.807, 2.05) is 56.3 Å². The Bertz CT molecular complexity index is 1650. The van der Waals surface area contributed by atoms with Gasteiger partial charge in [0.05, 0.1) is 10.9 Å². The molecular formula is C34H29N3O4S. The van der Waals surface area contributed by atoms with E-state index in [4.69, 9.17) is 0 Å². The number of nitrogens with zero attached hydrogens (tertiary/aromatic N) is 1. The second-order valence-electron chi connectivity index (χ2n) is 9.98.